The van der Waals surface area contributed by atoms with E-state index in [1.807, 2.05) is 19.9 Å². The van der Waals surface area contributed by atoms with Gasteiger partial charge in [0, 0.05) is 18.2 Å². The monoisotopic (exact) mass is 386 g/mol. The van der Waals surface area contributed by atoms with Crippen LogP contribution in [0.15, 0.2) is 17.2 Å². The molecule has 25 heavy (non-hydrogen) atoms. The number of piperidine rings is 1. The maximum Gasteiger partial charge on any atom is 0.280 e. The van der Waals surface area contributed by atoms with Gasteiger partial charge in [0.15, 0.2) is 11.3 Å². The summed E-state index contributed by atoms with van der Waals surface area (Å²) in [6.07, 6.45) is 5.27. The molecule has 0 aromatic carbocycles. The lowest BCUT2D eigenvalue weighted by molar-refractivity contribution is -0.120. The summed E-state index contributed by atoms with van der Waals surface area (Å²) in [6.45, 7) is 4.79. The van der Waals surface area contributed by atoms with Crippen molar-refractivity contribution in [1.82, 2.24) is 19.9 Å². The second kappa shape index (κ2) is 9.27. The maximum atomic E-state index is 12.6. The third-order valence-electron chi connectivity index (χ3n) is 4.33. The van der Waals surface area contributed by atoms with Gasteiger partial charge in [-0.1, -0.05) is 6.42 Å². The highest BCUT2D eigenvalue weighted by molar-refractivity contribution is 5.85. The average Bonchev–Trinajstić information content (AvgIpc) is 2.51. The lowest BCUT2D eigenvalue weighted by Crippen LogP contribution is -2.37. The third-order valence-corrected chi connectivity index (χ3v) is 4.33. The molecule has 2 aromatic heterocycles. The molecule has 0 aliphatic carbocycles. The first kappa shape index (κ1) is 21.5. The minimum atomic E-state index is -0.244. The number of ketones is 1. The maximum absolute atomic E-state index is 12.6. The number of fused-ring (bicyclic) bond motifs is 1. The molecule has 0 bridgehead atoms. The highest BCUT2D eigenvalue weighted by Crippen LogP contribution is 2.13. The van der Waals surface area contributed by atoms with E-state index in [1.165, 1.54) is 17.3 Å². The SMILES string of the molecule is Cc1cc(C)c2ncn(CC(=O)C[C@@H]3CCCCN3)c(=O)c2n1.Cl.Cl. The zero-order chi connectivity index (χ0) is 16.4. The number of rotatable bonds is 4. The fourth-order valence-corrected chi connectivity index (χ4v) is 3.20. The van der Waals surface area contributed by atoms with Crippen LogP contribution in [0.25, 0.3) is 11.0 Å². The Kier molecular flexibility index (Phi) is 7.99. The highest BCUT2D eigenvalue weighted by atomic mass is 35.5. The van der Waals surface area contributed by atoms with E-state index in [9.17, 15) is 9.59 Å². The Hall–Kier alpha value is -1.50. The summed E-state index contributed by atoms with van der Waals surface area (Å²) < 4.78 is 1.37. The van der Waals surface area contributed by atoms with Gasteiger partial charge >= 0.3 is 0 Å². The molecule has 0 radical (unpaired) electrons. The lowest BCUT2D eigenvalue weighted by Gasteiger charge is -2.22. The van der Waals surface area contributed by atoms with E-state index in [1.54, 1.807) is 0 Å². The molecule has 6 nitrogen and oxygen atoms in total. The van der Waals surface area contributed by atoms with Crippen molar-refractivity contribution in [2.24, 2.45) is 0 Å². The number of carbonyl (C=O) groups is 1. The predicted molar refractivity (Wildman–Crippen MR) is 103 cm³/mol. The molecule has 3 rings (SSSR count). The van der Waals surface area contributed by atoms with E-state index < -0.39 is 0 Å². The molecule has 0 spiro atoms. The number of pyridine rings is 1. The number of hydrogen-bond acceptors (Lipinski definition) is 5. The molecule has 1 atom stereocenters. The number of carbonyl (C=O) groups excluding carboxylic acids is 1. The van der Waals surface area contributed by atoms with Gasteiger partial charge < -0.3 is 5.32 Å². The van der Waals surface area contributed by atoms with Gasteiger partial charge in [-0.15, -0.1) is 24.8 Å². The van der Waals surface area contributed by atoms with Crippen LogP contribution in [0.4, 0.5) is 0 Å². The molecule has 1 fully saturated rings. The summed E-state index contributed by atoms with van der Waals surface area (Å²) in [5, 5.41) is 3.36. The zero-order valence-corrected chi connectivity index (χ0v) is 16.1. The van der Waals surface area contributed by atoms with E-state index in [-0.39, 0.29) is 48.7 Å². The van der Waals surface area contributed by atoms with Crippen LogP contribution < -0.4 is 10.9 Å². The van der Waals surface area contributed by atoms with Crippen LogP contribution in [0.3, 0.4) is 0 Å². The van der Waals surface area contributed by atoms with Crippen molar-refractivity contribution in [3.63, 3.8) is 0 Å². The van der Waals surface area contributed by atoms with E-state index in [2.05, 4.69) is 15.3 Å². The molecule has 3 heterocycles. The van der Waals surface area contributed by atoms with Crippen LogP contribution >= 0.6 is 24.8 Å². The van der Waals surface area contributed by atoms with Gasteiger partial charge in [0.2, 0.25) is 0 Å². The standard InChI is InChI=1S/C17H22N4O2.2ClH/c1-11-7-12(2)20-16-15(11)19-10-21(17(16)23)9-14(22)8-13-5-3-4-6-18-13;;/h7,10,13,18H,3-6,8-9H2,1-2H3;2*1H/t13-;;/m0../s1. The Morgan fingerprint density at radius 1 is 1.28 bits per heavy atom. The minimum Gasteiger partial charge on any atom is -0.314 e. The van der Waals surface area contributed by atoms with Crippen LogP contribution in [0, 0.1) is 13.8 Å². The van der Waals surface area contributed by atoms with Crippen LogP contribution in [0.2, 0.25) is 0 Å². The Balaban J connectivity index is 0.00000156. The number of nitrogens with one attached hydrogen (secondary N) is 1. The number of nitrogens with zero attached hydrogens (tertiary/aromatic N) is 3. The number of aryl methyl sites for hydroxylation is 2. The normalized spacial score (nSPS) is 16.8. The van der Waals surface area contributed by atoms with Crippen LogP contribution in [-0.2, 0) is 11.3 Å². The van der Waals surface area contributed by atoms with E-state index in [0.717, 1.165) is 30.6 Å². The van der Waals surface area contributed by atoms with Gasteiger partial charge in [0.25, 0.3) is 5.56 Å². The Labute approximate surface area is 159 Å². The fourth-order valence-electron chi connectivity index (χ4n) is 3.20. The first-order chi connectivity index (χ1) is 11.0. The highest BCUT2D eigenvalue weighted by Gasteiger charge is 2.17. The molecule has 2 aromatic rings. The van der Waals surface area contributed by atoms with Crippen LogP contribution in [0.1, 0.15) is 36.9 Å². The first-order valence-corrected chi connectivity index (χ1v) is 8.13. The quantitative estimate of drug-likeness (QED) is 0.872. The predicted octanol–water partition coefficient (Wildman–Crippen LogP) is 2.35. The van der Waals surface area contributed by atoms with Gasteiger partial charge in [-0.25, -0.2) is 9.97 Å². The summed E-state index contributed by atoms with van der Waals surface area (Å²) in [6, 6.07) is 2.14. The molecular formula is C17H24Cl2N4O2. The number of halogens is 2. The average molecular weight is 387 g/mol. The zero-order valence-electron chi connectivity index (χ0n) is 14.4. The third kappa shape index (κ3) is 5.00. The first-order valence-electron chi connectivity index (χ1n) is 8.13. The van der Waals surface area contributed by atoms with Crippen LogP contribution in [0.5, 0.6) is 0 Å². The molecular weight excluding hydrogens is 363 g/mol. The Morgan fingerprint density at radius 3 is 2.72 bits per heavy atom. The van der Waals surface area contributed by atoms with Gasteiger partial charge in [-0.3, -0.25) is 14.2 Å². The number of Topliss-reactive ketones (excluding diaryl/α,β-unsaturated/α-hetero) is 1. The second-order valence-corrected chi connectivity index (χ2v) is 6.35. The smallest absolute Gasteiger partial charge is 0.280 e. The van der Waals surface area contributed by atoms with Crippen molar-refractivity contribution >= 4 is 41.6 Å². The van der Waals surface area contributed by atoms with Crippen molar-refractivity contribution < 1.29 is 4.79 Å². The van der Waals surface area contributed by atoms with Crippen LogP contribution in [-0.4, -0.2) is 32.9 Å². The van der Waals surface area contributed by atoms with Gasteiger partial charge in [0.05, 0.1) is 18.4 Å². The molecule has 0 amide bonds. The number of hydrogen-bond donors (Lipinski definition) is 1. The summed E-state index contributed by atoms with van der Waals surface area (Å²) in [4.78, 5) is 33.4. The topological polar surface area (TPSA) is 76.9 Å². The van der Waals surface area contributed by atoms with Crippen molar-refractivity contribution in [1.29, 1.82) is 0 Å². The van der Waals surface area contributed by atoms with Crippen molar-refractivity contribution in [3.05, 3.63) is 34.0 Å². The molecule has 1 aliphatic rings. The van der Waals surface area contributed by atoms with E-state index >= 15 is 0 Å². The summed E-state index contributed by atoms with van der Waals surface area (Å²) >= 11 is 0. The van der Waals surface area contributed by atoms with Gasteiger partial charge in [0.1, 0.15) is 0 Å². The molecule has 138 valence electrons. The Bertz CT molecular complexity index is 801. The minimum absolute atomic E-state index is 0. The molecule has 0 saturated carbocycles. The second-order valence-electron chi connectivity index (χ2n) is 6.35. The number of aromatic nitrogens is 3. The van der Waals surface area contributed by atoms with Crippen molar-refractivity contribution in [2.45, 2.75) is 52.1 Å². The van der Waals surface area contributed by atoms with Gasteiger partial charge in [-0.2, -0.15) is 0 Å². The molecule has 1 aliphatic heterocycles. The molecule has 1 N–H and O–H groups in total. The molecule has 1 saturated heterocycles. The van der Waals surface area contributed by atoms with Crippen molar-refractivity contribution in [3.8, 4) is 0 Å². The summed E-state index contributed by atoms with van der Waals surface area (Å²) in [5.74, 6) is 0.0528. The van der Waals surface area contributed by atoms with E-state index in [4.69, 9.17) is 0 Å². The van der Waals surface area contributed by atoms with Gasteiger partial charge in [-0.05, 0) is 44.9 Å². The van der Waals surface area contributed by atoms with Crippen molar-refractivity contribution in [2.75, 3.05) is 6.54 Å². The Morgan fingerprint density at radius 2 is 2.04 bits per heavy atom. The molecule has 0 unspecified atom stereocenters. The van der Waals surface area contributed by atoms with E-state index in [0.29, 0.717) is 17.5 Å². The largest absolute Gasteiger partial charge is 0.314 e. The lowest BCUT2D eigenvalue weighted by atomic mass is 10.00. The summed E-state index contributed by atoms with van der Waals surface area (Å²) in [7, 11) is 0. The summed E-state index contributed by atoms with van der Waals surface area (Å²) in [5.41, 5.74) is 2.41. The molecule has 8 heteroatoms. The fraction of sp³-hybridized carbons (Fsp3) is 0.529.